The topological polar surface area (TPSA) is 80.2 Å². The van der Waals surface area contributed by atoms with Crippen LogP contribution in [0.4, 0.5) is 0 Å². The summed E-state index contributed by atoms with van der Waals surface area (Å²) < 4.78 is 0.530. The number of nitrogens with one attached hydrogen (secondary N) is 1. The van der Waals surface area contributed by atoms with Gasteiger partial charge in [-0.2, -0.15) is 0 Å². The van der Waals surface area contributed by atoms with Crippen molar-refractivity contribution in [3.8, 4) is 0 Å². The molecule has 6 nitrogen and oxygen atoms in total. The zero-order valence-electron chi connectivity index (χ0n) is 20.9. The van der Waals surface area contributed by atoms with Gasteiger partial charge in [0, 0.05) is 60.4 Å². The smallest absolute Gasteiger partial charge is 0.196 e. The Balaban J connectivity index is 0.000000202. The summed E-state index contributed by atoms with van der Waals surface area (Å²) in [7, 11) is 0. The average Bonchev–Trinajstić information content (AvgIpc) is 3.01. The quantitative estimate of drug-likeness (QED) is 0.0813. The van der Waals surface area contributed by atoms with Crippen molar-refractivity contribution in [2.45, 2.75) is 33.6 Å². The summed E-state index contributed by atoms with van der Waals surface area (Å²) in [6, 6.07) is 21.8. The summed E-state index contributed by atoms with van der Waals surface area (Å²) in [6.07, 6.45) is 10.5. The monoisotopic (exact) mass is 612 g/mol. The van der Waals surface area contributed by atoms with E-state index in [9.17, 15) is 0 Å². The number of hydrogen-bond acceptors (Lipinski definition) is 8. The molecule has 3 heterocycles. The van der Waals surface area contributed by atoms with Crippen LogP contribution in [0, 0.1) is 4.77 Å². The van der Waals surface area contributed by atoms with Crippen LogP contribution in [-0.4, -0.2) is 29.9 Å². The maximum Gasteiger partial charge on any atom is 0.196 e. The number of thioether (sulfide) groups is 2. The molecule has 0 aliphatic carbocycles. The third-order valence-electron chi connectivity index (χ3n) is 4.90. The standard InChI is InChI=1S/C16H14N4S2.C8H8Cl2.C4H4N2S/c1-2-6-14(12-22-16-19-9-4-10-20-16)13(5-1)11-21-15-17-7-3-8-18-15;9-5-7-3-1-2-4-8(7)6-10;7-4-5-2-1-3-6-4/h1-10H,11-12H2;1-4H,5-6H2;1-3H,(H,5,6,7). The number of alkyl halides is 2. The lowest BCUT2D eigenvalue weighted by molar-refractivity contribution is 0.964. The maximum absolute atomic E-state index is 5.65. The van der Waals surface area contributed by atoms with Crippen LogP contribution >= 0.6 is 58.9 Å². The molecule has 0 unspecified atom stereocenters. The minimum absolute atomic E-state index is 0.530. The third-order valence-corrected chi connectivity index (χ3v) is 7.55. The highest BCUT2D eigenvalue weighted by Gasteiger charge is 2.06. The van der Waals surface area contributed by atoms with Gasteiger partial charge in [-0.1, -0.05) is 72.1 Å². The number of rotatable bonds is 8. The molecule has 5 aromatic rings. The molecule has 0 aliphatic heterocycles. The lowest BCUT2D eigenvalue weighted by Gasteiger charge is -2.08. The highest BCUT2D eigenvalue weighted by molar-refractivity contribution is 7.98. The maximum atomic E-state index is 5.65. The van der Waals surface area contributed by atoms with Crippen molar-refractivity contribution < 1.29 is 0 Å². The van der Waals surface area contributed by atoms with Crippen molar-refractivity contribution in [3.63, 3.8) is 0 Å². The Morgan fingerprint density at radius 2 is 0.974 bits per heavy atom. The van der Waals surface area contributed by atoms with Crippen molar-refractivity contribution in [2.75, 3.05) is 0 Å². The molecule has 0 atom stereocenters. The Morgan fingerprint density at radius 3 is 1.31 bits per heavy atom. The Labute approximate surface area is 252 Å². The lowest BCUT2D eigenvalue weighted by Crippen LogP contribution is -1.93. The second-order valence-corrected chi connectivity index (χ2v) is 10.3. The van der Waals surface area contributed by atoms with Gasteiger partial charge in [-0.25, -0.2) is 24.9 Å². The van der Waals surface area contributed by atoms with Gasteiger partial charge in [0.1, 0.15) is 0 Å². The van der Waals surface area contributed by atoms with E-state index in [0.717, 1.165) is 32.9 Å². The molecule has 0 fully saturated rings. The highest BCUT2D eigenvalue weighted by atomic mass is 35.5. The van der Waals surface area contributed by atoms with E-state index in [1.165, 1.54) is 11.1 Å². The minimum Gasteiger partial charge on any atom is -0.337 e. The number of nitrogens with zero attached hydrogens (tertiary/aromatic N) is 5. The van der Waals surface area contributed by atoms with E-state index in [2.05, 4.69) is 66.4 Å². The second kappa shape index (κ2) is 18.5. The van der Waals surface area contributed by atoms with Crippen molar-refractivity contribution in [3.05, 3.63) is 131 Å². The van der Waals surface area contributed by atoms with Crippen molar-refractivity contribution in [1.82, 2.24) is 29.9 Å². The van der Waals surface area contributed by atoms with E-state index >= 15 is 0 Å². The molecule has 5 rings (SSSR count). The van der Waals surface area contributed by atoms with Gasteiger partial charge in [0.05, 0.1) is 0 Å². The fraction of sp³-hybridized carbons (Fsp3) is 0.143. The Hall–Kier alpha value is -2.82. The summed E-state index contributed by atoms with van der Waals surface area (Å²) in [4.78, 5) is 23.4. The molecule has 0 aliphatic rings. The first kappa shape index (κ1) is 30.7. The highest BCUT2D eigenvalue weighted by Crippen LogP contribution is 2.25. The zero-order chi connectivity index (χ0) is 27.5. The van der Waals surface area contributed by atoms with E-state index in [1.807, 2.05) is 36.4 Å². The lowest BCUT2D eigenvalue weighted by atomic mass is 10.1. The van der Waals surface area contributed by atoms with Gasteiger partial charge >= 0.3 is 0 Å². The first-order valence-corrected chi connectivity index (χ1v) is 15.2. The van der Waals surface area contributed by atoms with Crippen LogP contribution < -0.4 is 0 Å². The molecule has 39 heavy (non-hydrogen) atoms. The molecule has 0 bridgehead atoms. The van der Waals surface area contributed by atoms with E-state index in [0.29, 0.717) is 16.5 Å². The number of aromatic nitrogens is 6. The third kappa shape index (κ3) is 11.8. The molecule has 0 amide bonds. The van der Waals surface area contributed by atoms with E-state index in [1.54, 1.807) is 66.8 Å². The fourth-order valence-corrected chi connectivity index (χ4v) is 5.30. The Bertz CT molecular complexity index is 1320. The molecular formula is C28H26Cl2N6S3. The van der Waals surface area contributed by atoms with Crippen LogP contribution in [0.25, 0.3) is 0 Å². The predicted octanol–water partition coefficient (Wildman–Crippen LogP) is 8.15. The normalized spacial score (nSPS) is 10.0. The van der Waals surface area contributed by atoms with Crippen LogP contribution in [0.2, 0.25) is 0 Å². The number of benzene rings is 2. The van der Waals surface area contributed by atoms with Crippen molar-refractivity contribution in [1.29, 1.82) is 0 Å². The molecule has 0 saturated carbocycles. The van der Waals surface area contributed by atoms with Crippen LogP contribution in [0.15, 0.2) is 114 Å². The molecule has 1 N–H and O–H groups in total. The summed E-state index contributed by atoms with van der Waals surface area (Å²) in [5.41, 5.74) is 4.84. The molecule has 0 saturated heterocycles. The largest absolute Gasteiger partial charge is 0.337 e. The van der Waals surface area contributed by atoms with E-state index in [4.69, 9.17) is 23.2 Å². The molecular weight excluding hydrogens is 587 g/mol. The van der Waals surface area contributed by atoms with Gasteiger partial charge in [0.15, 0.2) is 15.1 Å². The fourth-order valence-electron chi connectivity index (χ4n) is 2.97. The van der Waals surface area contributed by atoms with Gasteiger partial charge in [0.2, 0.25) is 0 Å². The van der Waals surface area contributed by atoms with E-state index in [-0.39, 0.29) is 0 Å². The van der Waals surface area contributed by atoms with Crippen LogP contribution in [0.5, 0.6) is 0 Å². The summed E-state index contributed by atoms with van der Waals surface area (Å²) >= 11 is 19.2. The van der Waals surface area contributed by atoms with Gasteiger partial charge < -0.3 is 4.98 Å². The zero-order valence-corrected chi connectivity index (χ0v) is 24.8. The second-order valence-electron chi connectivity index (χ2n) is 7.53. The van der Waals surface area contributed by atoms with Crippen molar-refractivity contribution >= 4 is 58.9 Å². The number of H-pyrrole nitrogens is 1. The van der Waals surface area contributed by atoms with Crippen LogP contribution in [0.1, 0.15) is 22.3 Å². The van der Waals surface area contributed by atoms with Gasteiger partial charge in [-0.15, -0.1) is 23.2 Å². The molecule has 200 valence electrons. The first-order valence-electron chi connectivity index (χ1n) is 11.7. The van der Waals surface area contributed by atoms with Crippen LogP contribution in [-0.2, 0) is 23.3 Å². The Kier molecular flexibility index (Phi) is 14.5. The SMILES string of the molecule is ClCc1ccccc1CCl.S=c1nccc[nH]1.c1cnc(SCc2ccccc2CSc2ncccn2)nc1. The Morgan fingerprint density at radius 1 is 0.564 bits per heavy atom. The molecule has 3 aromatic heterocycles. The van der Waals surface area contributed by atoms with Gasteiger partial charge in [-0.05, 0) is 52.7 Å². The minimum atomic E-state index is 0.530. The summed E-state index contributed by atoms with van der Waals surface area (Å²) in [6.45, 7) is 0. The number of hydrogen-bond donors (Lipinski definition) is 1. The van der Waals surface area contributed by atoms with Gasteiger partial charge in [0.25, 0.3) is 0 Å². The molecule has 0 radical (unpaired) electrons. The van der Waals surface area contributed by atoms with Crippen LogP contribution in [0.3, 0.4) is 0 Å². The average molecular weight is 614 g/mol. The molecule has 11 heteroatoms. The molecule has 0 spiro atoms. The summed E-state index contributed by atoms with van der Waals surface area (Å²) in [5.74, 6) is 2.80. The predicted molar refractivity (Wildman–Crippen MR) is 165 cm³/mol. The summed E-state index contributed by atoms with van der Waals surface area (Å²) in [5, 5.41) is 1.60. The molecule has 2 aromatic carbocycles. The number of aromatic amines is 1. The van der Waals surface area contributed by atoms with E-state index < -0.39 is 0 Å². The first-order chi connectivity index (χ1) is 19.2. The van der Waals surface area contributed by atoms with Gasteiger partial charge in [-0.3, -0.25) is 0 Å². The van der Waals surface area contributed by atoms with Crippen molar-refractivity contribution in [2.24, 2.45) is 0 Å². The number of halogens is 2.